The summed E-state index contributed by atoms with van der Waals surface area (Å²) < 4.78 is 10.5. The molecule has 1 atom stereocenters. The predicted octanol–water partition coefficient (Wildman–Crippen LogP) is 2.70. The number of aromatic amines is 1. The molecule has 1 heterocycles. The Balaban J connectivity index is 2.01. The summed E-state index contributed by atoms with van der Waals surface area (Å²) >= 11 is 0. The van der Waals surface area contributed by atoms with Gasteiger partial charge in [-0.15, -0.1) is 0 Å². The normalized spacial score (nSPS) is 11.6. The van der Waals surface area contributed by atoms with Crippen molar-refractivity contribution in [2.75, 3.05) is 7.11 Å². The van der Waals surface area contributed by atoms with Gasteiger partial charge in [0.25, 0.3) is 5.91 Å². The van der Waals surface area contributed by atoms with Crippen LogP contribution in [0.5, 0.6) is 5.75 Å². The van der Waals surface area contributed by atoms with Crippen molar-refractivity contribution in [3.8, 4) is 5.75 Å². The molecule has 0 saturated carbocycles. The summed E-state index contributed by atoms with van der Waals surface area (Å²) in [5, 5.41) is 2.72. The van der Waals surface area contributed by atoms with Crippen LogP contribution >= 0.6 is 0 Å². The van der Waals surface area contributed by atoms with Crippen LogP contribution in [0.25, 0.3) is 0 Å². The van der Waals surface area contributed by atoms with Crippen LogP contribution in [-0.2, 0) is 16.1 Å². The molecule has 0 aliphatic heterocycles. The number of carbonyl (C=O) groups excluding carboxylic acids is 3. The van der Waals surface area contributed by atoms with E-state index in [1.54, 1.807) is 27.0 Å². The average molecular weight is 372 g/mol. The van der Waals surface area contributed by atoms with E-state index in [2.05, 4.69) is 10.3 Å². The highest BCUT2D eigenvalue weighted by molar-refractivity contribution is 6.01. The summed E-state index contributed by atoms with van der Waals surface area (Å²) in [6, 6.07) is 7.32. The maximum Gasteiger partial charge on any atom is 0.355 e. The molecule has 7 nitrogen and oxygen atoms in total. The Kier molecular flexibility index (Phi) is 6.39. The van der Waals surface area contributed by atoms with Gasteiger partial charge in [0.1, 0.15) is 11.4 Å². The van der Waals surface area contributed by atoms with E-state index in [-0.39, 0.29) is 18.0 Å². The lowest BCUT2D eigenvalue weighted by Gasteiger charge is -2.14. The van der Waals surface area contributed by atoms with Crippen molar-refractivity contribution in [3.05, 3.63) is 52.3 Å². The number of benzene rings is 1. The molecule has 1 amide bonds. The number of rotatable bonds is 7. The molecule has 0 aliphatic rings. The predicted molar refractivity (Wildman–Crippen MR) is 100.0 cm³/mol. The molecule has 1 aromatic heterocycles. The van der Waals surface area contributed by atoms with E-state index in [1.165, 1.54) is 13.8 Å². The van der Waals surface area contributed by atoms with Crippen LogP contribution in [0.15, 0.2) is 24.3 Å². The van der Waals surface area contributed by atoms with Crippen molar-refractivity contribution < 1.29 is 23.9 Å². The van der Waals surface area contributed by atoms with E-state index < -0.39 is 18.0 Å². The molecule has 2 rings (SSSR count). The summed E-state index contributed by atoms with van der Waals surface area (Å²) in [5.74, 6) is -0.579. The van der Waals surface area contributed by atoms with Crippen LogP contribution in [0, 0.1) is 13.8 Å². The van der Waals surface area contributed by atoms with Gasteiger partial charge in [-0.2, -0.15) is 0 Å². The number of methoxy groups -OCH3 is 1. The molecule has 2 N–H and O–H groups in total. The van der Waals surface area contributed by atoms with E-state index in [9.17, 15) is 14.4 Å². The molecule has 1 unspecified atom stereocenters. The maximum atomic E-state index is 12.4. The minimum absolute atomic E-state index is 0.136. The largest absolute Gasteiger partial charge is 0.496 e. The molecule has 0 saturated heterocycles. The Morgan fingerprint density at radius 1 is 1.19 bits per heavy atom. The van der Waals surface area contributed by atoms with Crippen LogP contribution in [-0.4, -0.2) is 35.9 Å². The quantitative estimate of drug-likeness (QED) is 0.575. The Morgan fingerprint density at radius 3 is 2.44 bits per heavy atom. The molecule has 0 bridgehead atoms. The van der Waals surface area contributed by atoms with Gasteiger partial charge in [0.2, 0.25) is 0 Å². The lowest BCUT2D eigenvalue weighted by Crippen LogP contribution is -2.35. The number of carbonyl (C=O) groups is 3. The standard InChI is InChI=1S/C20H24N2O5/c1-11-17(13(3)23)12(2)22-18(11)20(25)27-14(4)19(24)21-10-15-8-6-7-9-16(15)26-5/h6-9,14,22H,10H2,1-5H3,(H,21,24). The molecule has 1 aromatic carbocycles. The van der Waals surface area contributed by atoms with Crippen molar-refractivity contribution >= 4 is 17.7 Å². The third-order valence-corrected chi connectivity index (χ3v) is 4.29. The molecular formula is C20H24N2O5. The zero-order chi connectivity index (χ0) is 20.1. The van der Waals surface area contributed by atoms with Gasteiger partial charge in [0.15, 0.2) is 11.9 Å². The Morgan fingerprint density at radius 2 is 1.85 bits per heavy atom. The van der Waals surface area contributed by atoms with Crippen LogP contribution < -0.4 is 10.1 Å². The second kappa shape index (κ2) is 8.53. The van der Waals surface area contributed by atoms with Gasteiger partial charge in [-0.3, -0.25) is 9.59 Å². The summed E-state index contributed by atoms with van der Waals surface area (Å²) in [5.41, 5.74) is 2.58. The summed E-state index contributed by atoms with van der Waals surface area (Å²) in [7, 11) is 1.56. The number of esters is 1. The molecule has 0 spiro atoms. The Labute approximate surface area is 158 Å². The molecule has 0 radical (unpaired) electrons. The number of hydrogen-bond donors (Lipinski definition) is 2. The smallest absolute Gasteiger partial charge is 0.355 e. The fourth-order valence-electron chi connectivity index (χ4n) is 2.93. The molecule has 0 aliphatic carbocycles. The van der Waals surface area contributed by atoms with Crippen molar-refractivity contribution in [1.82, 2.24) is 10.3 Å². The zero-order valence-electron chi connectivity index (χ0n) is 16.1. The lowest BCUT2D eigenvalue weighted by atomic mass is 10.1. The molecular weight excluding hydrogens is 348 g/mol. The average Bonchev–Trinajstić information content (AvgIpc) is 2.94. The van der Waals surface area contributed by atoms with Crippen LogP contribution in [0.1, 0.15) is 51.5 Å². The van der Waals surface area contributed by atoms with Crippen molar-refractivity contribution in [2.45, 2.75) is 40.3 Å². The van der Waals surface area contributed by atoms with E-state index in [4.69, 9.17) is 9.47 Å². The number of hydrogen-bond acceptors (Lipinski definition) is 5. The maximum absolute atomic E-state index is 12.4. The summed E-state index contributed by atoms with van der Waals surface area (Å²) in [4.78, 5) is 39.2. The summed E-state index contributed by atoms with van der Waals surface area (Å²) in [6.07, 6.45) is -0.990. The number of Topliss-reactive ketones (excluding diaryl/α,β-unsaturated/α-hetero) is 1. The van der Waals surface area contributed by atoms with Gasteiger partial charge in [-0.05, 0) is 39.3 Å². The molecule has 2 aromatic rings. The third kappa shape index (κ3) is 4.55. The number of aromatic nitrogens is 1. The molecule has 27 heavy (non-hydrogen) atoms. The second-order valence-electron chi connectivity index (χ2n) is 6.26. The van der Waals surface area contributed by atoms with E-state index in [0.717, 1.165) is 5.56 Å². The van der Waals surface area contributed by atoms with Crippen molar-refractivity contribution in [2.24, 2.45) is 0 Å². The monoisotopic (exact) mass is 372 g/mol. The Bertz CT molecular complexity index is 869. The van der Waals surface area contributed by atoms with Crippen LogP contribution in [0.4, 0.5) is 0 Å². The highest BCUT2D eigenvalue weighted by Crippen LogP contribution is 2.20. The van der Waals surface area contributed by atoms with E-state index in [1.807, 2.05) is 18.2 Å². The number of ketones is 1. The van der Waals surface area contributed by atoms with Gasteiger partial charge in [0, 0.05) is 23.4 Å². The first kappa shape index (κ1) is 20.2. The topological polar surface area (TPSA) is 97.5 Å². The van der Waals surface area contributed by atoms with Gasteiger partial charge in [0.05, 0.1) is 7.11 Å². The third-order valence-electron chi connectivity index (χ3n) is 4.29. The minimum atomic E-state index is -0.990. The van der Waals surface area contributed by atoms with Crippen LogP contribution in [0.2, 0.25) is 0 Å². The number of ether oxygens (including phenoxy) is 2. The number of para-hydroxylation sites is 1. The fraction of sp³-hybridized carbons (Fsp3) is 0.350. The van der Waals surface area contributed by atoms with Crippen molar-refractivity contribution in [1.29, 1.82) is 0 Å². The van der Waals surface area contributed by atoms with E-state index >= 15 is 0 Å². The zero-order valence-corrected chi connectivity index (χ0v) is 16.1. The van der Waals surface area contributed by atoms with Gasteiger partial charge in [-0.25, -0.2) is 4.79 Å². The van der Waals surface area contributed by atoms with Crippen molar-refractivity contribution in [3.63, 3.8) is 0 Å². The molecule has 7 heteroatoms. The number of nitrogens with one attached hydrogen (secondary N) is 2. The molecule has 0 fully saturated rings. The first-order chi connectivity index (χ1) is 12.8. The van der Waals surface area contributed by atoms with Gasteiger partial charge < -0.3 is 19.8 Å². The molecule has 144 valence electrons. The number of amides is 1. The van der Waals surface area contributed by atoms with E-state index in [0.29, 0.717) is 22.6 Å². The second-order valence-corrected chi connectivity index (χ2v) is 6.26. The lowest BCUT2D eigenvalue weighted by molar-refractivity contribution is -0.129. The Hall–Kier alpha value is -3.09. The van der Waals surface area contributed by atoms with Gasteiger partial charge in [-0.1, -0.05) is 18.2 Å². The number of H-pyrrole nitrogens is 1. The highest BCUT2D eigenvalue weighted by Gasteiger charge is 2.24. The summed E-state index contributed by atoms with van der Waals surface area (Å²) in [6.45, 7) is 6.56. The highest BCUT2D eigenvalue weighted by atomic mass is 16.5. The first-order valence-corrected chi connectivity index (χ1v) is 8.57. The SMILES string of the molecule is COc1ccccc1CNC(=O)C(C)OC(=O)c1[nH]c(C)c(C(C)=O)c1C. The first-order valence-electron chi connectivity index (χ1n) is 8.57. The number of aryl methyl sites for hydroxylation is 1. The minimum Gasteiger partial charge on any atom is -0.496 e. The van der Waals surface area contributed by atoms with Crippen LogP contribution in [0.3, 0.4) is 0 Å². The fourth-order valence-corrected chi connectivity index (χ4v) is 2.93. The van der Waals surface area contributed by atoms with Gasteiger partial charge >= 0.3 is 5.97 Å².